The molecule has 0 radical (unpaired) electrons. The fourth-order valence-corrected chi connectivity index (χ4v) is 3.25. The second kappa shape index (κ2) is 7.20. The van der Waals surface area contributed by atoms with Crippen LogP contribution in [0.15, 0.2) is 18.3 Å². The summed E-state index contributed by atoms with van der Waals surface area (Å²) in [7, 11) is 2.05. The van der Waals surface area contributed by atoms with Crippen molar-refractivity contribution < 1.29 is 4.74 Å². The lowest BCUT2D eigenvalue weighted by Gasteiger charge is -2.48. The van der Waals surface area contributed by atoms with Crippen molar-refractivity contribution in [2.75, 3.05) is 39.1 Å². The second-order valence-corrected chi connectivity index (χ2v) is 5.94. The number of hydrogen-bond donors (Lipinski definition) is 2. The maximum Gasteiger partial charge on any atom is 0.123 e. The number of nitrogens with zero attached hydrogens (tertiary/aromatic N) is 2. The molecule has 0 aliphatic carbocycles. The van der Waals surface area contributed by atoms with Crippen molar-refractivity contribution in [3.63, 3.8) is 0 Å². The van der Waals surface area contributed by atoms with Crippen molar-refractivity contribution in [2.45, 2.75) is 38.3 Å². The van der Waals surface area contributed by atoms with E-state index in [-0.39, 0.29) is 5.54 Å². The van der Waals surface area contributed by atoms with Crippen molar-refractivity contribution in [3.8, 4) is 0 Å². The van der Waals surface area contributed by atoms with Gasteiger partial charge in [0.1, 0.15) is 5.82 Å². The first-order valence-corrected chi connectivity index (χ1v) is 7.80. The molecule has 0 amide bonds. The number of nitrogen functional groups attached to an aromatic ring is 1. The van der Waals surface area contributed by atoms with Gasteiger partial charge in [-0.05, 0) is 44.5 Å². The van der Waals surface area contributed by atoms with E-state index in [1.54, 1.807) is 6.20 Å². The molecule has 1 fully saturated rings. The summed E-state index contributed by atoms with van der Waals surface area (Å²) in [6.07, 6.45) is 3.83. The molecule has 1 saturated heterocycles. The van der Waals surface area contributed by atoms with Crippen LogP contribution in [0.3, 0.4) is 0 Å². The largest absolute Gasteiger partial charge is 0.384 e. The van der Waals surface area contributed by atoms with E-state index in [1.807, 2.05) is 13.1 Å². The zero-order chi connectivity index (χ0) is 15.3. The highest BCUT2D eigenvalue weighted by atomic mass is 16.5. The van der Waals surface area contributed by atoms with E-state index in [1.165, 1.54) is 5.56 Å². The molecule has 0 bridgehead atoms. The Bertz CT molecular complexity index is 448. The van der Waals surface area contributed by atoms with Crippen LogP contribution in [0.1, 0.15) is 25.8 Å². The molecule has 2 rings (SSSR count). The highest BCUT2D eigenvalue weighted by Crippen LogP contribution is 2.27. The average Bonchev–Trinajstić information content (AvgIpc) is 2.53. The number of aromatic nitrogens is 1. The summed E-state index contributed by atoms with van der Waals surface area (Å²) in [4.78, 5) is 6.63. The number of rotatable bonds is 6. The van der Waals surface area contributed by atoms with Crippen LogP contribution < -0.4 is 11.1 Å². The molecule has 2 atom stereocenters. The lowest BCUT2D eigenvalue weighted by molar-refractivity contribution is -0.0313. The van der Waals surface area contributed by atoms with E-state index in [2.05, 4.69) is 35.1 Å². The van der Waals surface area contributed by atoms with Crippen molar-refractivity contribution in [1.29, 1.82) is 0 Å². The predicted molar refractivity (Wildman–Crippen MR) is 86.3 cm³/mol. The van der Waals surface area contributed by atoms with E-state index in [0.29, 0.717) is 11.9 Å². The molecule has 118 valence electrons. The Labute approximate surface area is 127 Å². The van der Waals surface area contributed by atoms with Gasteiger partial charge < -0.3 is 15.8 Å². The molecule has 0 spiro atoms. The first-order valence-electron chi connectivity index (χ1n) is 7.80. The minimum Gasteiger partial charge on any atom is -0.384 e. The number of hydrogen-bond acceptors (Lipinski definition) is 5. The van der Waals surface area contributed by atoms with Crippen LogP contribution in [-0.2, 0) is 11.2 Å². The van der Waals surface area contributed by atoms with Gasteiger partial charge in [0, 0.05) is 30.9 Å². The van der Waals surface area contributed by atoms with E-state index >= 15 is 0 Å². The summed E-state index contributed by atoms with van der Waals surface area (Å²) < 4.78 is 5.50. The van der Waals surface area contributed by atoms with Gasteiger partial charge in [0.2, 0.25) is 0 Å². The van der Waals surface area contributed by atoms with E-state index in [9.17, 15) is 0 Å². The average molecular weight is 292 g/mol. The maximum absolute atomic E-state index is 5.80. The molecule has 5 nitrogen and oxygen atoms in total. The van der Waals surface area contributed by atoms with Gasteiger partial charge in [-0.25, -0.2) is 4.98 Å². The normalized spacial score (nSPS) is 20.9. The van der Waals surface area contributed by atoms with Gasteiger partial charge in [0.15, 0.2) is 0 Å². The second-order valence-electron chi connectivity index (χ2n) is 5.94. The van der Waals surface area contributed by atoms with Crippen molar-refractivity contribution >= 4 is 5.82 Å². The minimum absolute atomic E-state index is 0.108. The fourth-order valence-electron chi connectivity index (χ4n) is 3.25. The lowest BCUT2D eigenvalue weighted by Crippen LogP contribution is -2.62. The molecule has 2 unspecified atom stereocenters. The Balaban J connectivity index is 2.16. The van der Waals surface area contributed by atoms with Crippen LogP contribution in [0.5, 0.6) is 0 Å². The zero-order valence-electron chi connectivity index (χ0n) is 13.4. The molecule has 1 aromatic rings. The summed E-state index contributed by atoms with van der Waals surface area (Å²) in [6, 6.07) is 4.39. The molecule has 0 saturated carbocycles. The number of anilines is 1. The van der Waals surface area contributed by atoms with Gasteiger partial charge in [0.25, 0.3) is 0 Å². The number of nitrogens with two attached hydrogens (primary N) is 1. The highest BCUT2D eigenvalue weighted by Gasteiger charge is 2.38. The molecule has 3 N–H and O–H groups in total. The van der Waals surface area contributed by atoms with Gasteiger partial charge in [0.05, 0.1) is 13.2 Å². The van der Waals surface area contributed by atoms with Gasteiger partial charge in [-0.3, -0.25) is 4.90 Å². The molecule has 0 aromatic carbocycles. The first kappa shape index (κ1) is 16.2. The number of morpholine rings is 1. The van der Waals surface area contributed by atoms with Crippen molar-refractivity contribution in [1.82, 2.24) is 15.2 Å². The Kier molecular flexibility index (Phi) is 5.56. The Morgan fingerprint density at radius 1 is 1.48 bits per heavy atom. The van der Waals surface area contributed by atoms with Crippen LogP contribution in [-0.4, -0.2) is 54.8 Å². The molecule has 1 aromatic heterocycles. The van der Waals surface area contributed by atoms with Gasteiger partial charge in [-0.1, -0.05) is 6.92 Å². The zero-order valence-corrected chi connectivity index (χ0v) is 13.4. The minimum atomic E-state index is 0.108. The Hall–Kier alpha value is -1.17. The van der Waals surface area contributed by atoms with Gasteiger partial charge in [-0.2, -0.15) is 0 Å². The molecular weight excluding hydrogens is 264 g/mol. The SMILES string of the molecule is CCC(C)(C(Cc1ccnc(N)c1)NC)N1CCOCC1. The summed E-state index contributed by atoms with van der Waals surface area (Å²) >= 11 is 0. The molecule has 21 heavy (non-hydrogen) atoms. The van der Waals surface area contributed by atoms with Gasteiger partial charge in [-0.15, -0.1) is 0 Å². The maximum atomic E-state index is 5.80. The highest BCUT2D eigenvalue weighted by molar-refractivity contribution is 5.32. The molecule has 1 aliphatic heterocycles. The van der Waals surface area contributed by atoms with Gasteiger partial charge >= 0.3 is 0 Å². The number of pyridine rings is 1. The standard InChI is InChI=1S/C16H28N4O/c1-4-16(2,20-7-9-21-10-8-20)14(18-3)11-13-5-6-19-15(17)12-13/h5-6,12,14,18H,4,7-11H2,1-3H3,(H2,17,19). The number of nitrogens with one attached hydrogen (secondary N) is 1. The smallest absolute Gasteiger partial charge is 0.123 e. The number of ether oxygens (including phenoxy) is 1. The molecule has 2 heterocycles. The van der Waals surface area contributed by atoms with Crippen LogP contribution in [0, 0.1) is 0 Å². The summed E-state index contributed by atoms with van der Waals surface area (Å²) in [6.45, 7) is 8.27. The third-order valence-corrected chi connectivity index (χ3v) is 4.83. The summed E-state index contributed by atoms with van der Waals surface area (Å²) in [5, 5.41) is 3.52. The number of likely N-dealkylation sites (N-methyl/N-ethyl adjacent to an activating group) is 1. The predicted octanol–water partition coefficient (Wildman–Crippen LogP) is 1.30. The topological polar surface area (TPSA) is 63.4 Å². The van der Waals surface area contributed by atoms with E-state index in [0.717, 1.165) is 39.1 Å². The molecule has 1 aliphatic rings. The van der Waals surface area contributed by atoms with Crippen LogP contribution in [0.25, 0.3) is 0 Å². The van der Waals surface area contributed by atoms with Crippen LogP contribution in [0.2, 0.25) is 0 Å². The summed E-state index contributed by atoms with van der Waals surface area (Å²) in [5.41, 5.74) is 7.14. The monoisotopic (exact) mass is 292 g/mol. The Morgan fingerprint density at radius 3 is 2.76 bits per heavy atom. The first-order chi connectivity index (χ1) is 10.1. The Morgan fingerprint density at radius 2 is 2.19 bits per heavy atom. The van der Waals surface area contributed by atoms with Crippen molar-refractivity contribution in [3.05, 3.63) is 23.9 Å². The lowest BCUT2D eigenvalue weighted by atomic mass is 9.83. The molecular formula is C16H28N4O. The third-order valence-electron chi connectivity index (χ3n) is 4.83. The van der Waals surface area contributed by atoms with Crippen molar-refractivity contribution in [2.24, 2.45) is 0 Å². The van der Waals surface area contributed by atoms with E-state index in [4.69, 9.17) is 10.5 Å². The fraction of sp³-hybridized carbons (Fsp3) is 0.688. The van der Waals surface area contributed by atoms with Crippen LogP contribution >= 0.6 is 0 Å². The van der Waals surface area contributed by atoms with Crippen LogP contribution in [0.4, 0.5) is 5.82 Å². The summed E-state index contributed by atoms with van der Waals surface area (Å²) in [5.74, 6) is 0.590. The molecule has 5 heteroatoms. The third kappa shape index (κ3) is 3.73. The van der Waals surface area contributed by atoms with E-state index < -0.39 is 0 Å². The quantitative estimate of drug-likeness (QED) is 0.827.